The monoisotopic (exact) mass is 377 g/mol. The van der Waals surface area contributed by atoms with Crippen LogP contribution >= 0.6 is 0 Å². The molecule has 0 unspecified atom stereocenters. The number of rotatable bonds is 4. The van der Waals surface area contributed by atoms with Crippen molar-refractivity contribution in [1.82, 2.24) is 10.9 Å². The SMILES string of the molecule is CC1=NN(c2ccc(C)c(C)c2)C(=O)/C1=C(/C)NNC(=O)c1cccc(N)c1. The standard InChI is InChI=1S/C21H23N5O2/c1-12-8-9-18(10-13(12)2)26-21(28)19(15(4)25-26)14(3)23-24-20(27)16-6-5-7-17(22)11-16/h5-11,23H,22H2,1-4H3,(H,24,27)/b19-14-. The van der Waals surface area contributed by atoms with Gasteiger partial charge in [0.25, 0.3) is 11.8 Å². The van der Waals surface area contributed by atoms with Crippen molar-refractivity contribution in [1.29, 1.82) is 0 Å². The molecule has 2 aromatic rings. The number of allylic oxidation sites excluding steroid dienone is 1. The van der Waals surface area contributed by atoms with Gasteiger partial charge in [-0.05, 0) is 69.2 Å². The fourth-order valence-corrected chi connectivity index (χ4v) is 2.94. The highest BCUT2D eigenvalue weighted by Crippen LogP contribution is 2.26. The summed E-state index contributed by atoms with van der Waals surface area (Å²) >= 11 is 0. The second kappa shape index (κ2) is 7.56. The van der Waals surface area contributed by atoms with Crippen LogP contribution < -0.4 is 21.6 Å². The van der Waals surface area contributed by atoms with Gasteiger partial charge in [0.05, 0.1) is 17.0 Å². The van der Waals surface area contributed by atoms with Crippen molar-refractivity contribution in [2.75, 3.05) is 10.7 Å². The Morgan fingerprint density at radius 2 is 1.79 bits per heavy atom. The van der Waals surface area contributed by atoms with Gasteiger partial charge in [0.1, 0.15) is 0 Å². The summed E-state index contributed by atoms with van der Waals surface area (Å²) < 4.78 is 0. The highest BCUT2D eigenvalue weighted by molar-refractivity contribution is 6.30. The lowest BCUT2D eigenvalue weighted by Crippen LogP contribution is -2.37. The predicted octanol–water partition coefficient (Wildman–Crippen LogP) is 2.82. The molecular weight excluding hydrogens is 354 g/mol. The van der Waals surface area contributed by atoms with E-state index in [1.54, 1.807) is 38.1 Å². The molecule has 4 N–H and O–H groups in total. The molecule has 0 aromatic heterocycles. The molecular formula is C21H23N5O2. The average Bonchev–Trinajstić information content (AvgIpc) is 2.96. The molecule has 0 radical (unpaired) electrons. The molecule has 7 nitrogen and oxygen atoms in total. The van der Waals surface area contributed by atoms with Crippen LogP contribution in [0.1, 0.15) is 35.3 Å². The van der Waals surface area contributed by atoms with E-state index in [1.807, 2.05) is 32.0 Å². The first kappa shape index (κ1) is 19.2. The topological polar surface area (TPSA) is 99.8 Å². The summed E-state index contributed by atoms with van der Waals surface area (Å²) in [6.45, 7) is 7.49. The highest BCUT2D eigenvalue weighted by atomic mass is 16.2. The molecule has 0 aliphatic carbocycles. The summed E-state index contributed by atoms with van der Waals surface area (Å²) in [4.78, 5) is 25.2. The minimum atomic E-state index is -0.349. The maximum atomic E-state index is 12.9. The van der Waals surface area contributed by atoms with Gasteiger partial charge in [-0.25, -0.2) is 0 Å². The Morgan fingerprint density at radius 1 is 1.04 bits per heavy atom. The van der Waals surface area contributed by atoms with Crippen LogP contribution in [-0.2, 0) is 4.79 Å². The van der Waals surface area contributed by atoms with Gasteiger partial charge in [-0.3, -0.25) is 15.0 Å². The number of nitrogen functional groups attached to an aromatic ring is 1. The number of aryl methyl sites for hydroxylation is 2. The minimum absolute atomic E-state index is 0.246. The van der Waals surface area contributed by atoms with Crippen LogP contribution in [0.5, 0.6) is 0 Å². The first-order valence-electron chi connectivity index (χ1n) is 8.88. The van der Waals surface area contributed by atoms with Crippen molar-refractivity contribution in [2.45, 2.75) is 27.7 Å². The number of anilines is 2. The molecule has 0 bridgehead atoms. The zero-order valence-corrected chi connectivity index (χ0v) is 16.3. The molecule has 7 heteroatoms. The van der Waals surface area contributed by atoms with Crippen LogP contribution in [0, 0.1) is 13.8 Å². The molecule has 0 atom stereocenters. The van der Waals surface area contributed by atoms with Gasteiger partial charge in [-0.2, -0.15) is 10.1 Å². The second-order valence-corrected chi connectivity index (χ2v) is 6.78. The summed E-state index contributed by atoms with van der Waals surface area (Å²) in [6.07, 6.45) is 0. The van der Waals surface area contributed by atoms with Gasteiger partial charge in [0, 0.05) is 16.9 Å². The third-order valence-electron chi connectivity index (χ3n) is 4.64. The first-order valence-corrected chi connectivity index (χ1v) is 8.88. The molecule has 2 amide bonds. The van der Waals surface area contributed by atoms with Crippen LogP contribution in [0.3, 0.4) is 0 Å². The Balaban J connectivity index is 1.77. The Labute approximate surface area is 163 Å². The molecule has 0 spiro atoms. The first-order chi connectivity index (χ1) is 13.3. The number of nitrogens with two attached hydrogens (primary N) is 1. The summed E-state index contributed by atoms with van der Waals surface area (Å²) in [5, 5.41) is 5.76. The van der Waals surface area contributed by atoms with Crippen molar-refractivity contribution in [3.63, 3.8) is 0 Å². The fourth-order valence-electron chi connectivity index (χ4n) is 2.94. The van der Waals surface area contributed by atoms with Crippen molar-refractivity contribution in [3.05, 3.63) is 70.4 Å². The van der Waals surface area contributed by atoms with Gasteiger partial charge in [-0.1, -0.05) is 12.1 Å². The smallest absolute Gasteiger partial charge is 0.282 e. The lowest BCUT2D eigenvalue weighted by atomic mass is 10.1. The van der Waals surface area contributed by atoms with Gasteiger partial charge in [-0.15, -0.1) is 0 Å². The quantitative estimate of drug-likeness (QED) is 0.433. The van der Waals surface area contributed by atoms with Crippen molar-refractivity contribution < 1.29 is 9.59 Å². The number of nitrogens with one attached hydrogen (secondary N) is 2. The van der Waals surface area contributed by atoms with Crippen LogP contribution in [0.4, 0.5) is 11.4 Å². The largest absolute Gasteiger partial charge is 0.399 e. The van der Waals surface area contributed by atoms with E-state index in [9.17, 15) is 9.59 Å². The number of hydrogen-bond acceptors (Lipinski definition) is 5. The van der Waals surface area contributed by atoms with Crippen molar-refractivity contribution >= 4 is 28.9 Å². The van der Waals surface area contributed by atoms with E-state index >= 15 is 0 Å². The van der Waals surface area contributed by atoms with E-state index in [2.05, 4.69) is 16.0 Å². The molecule has 1 heterocycles. The van der Waals surface area contributed by atoms with Gasteiger partial charge < -0.3 is 11.2 Å². The maximum absolute atomic E-state index is 12.9. The van der Waals surface area contributed by atoms with E-state index in [-0.39, 0.29) is 11.8 Å². The van der Waals surface area contributed by atoms with E-state index in [4.69, 9.17) is 5.73 Å². The zero-order chi connectivity index (χ0) is 20.4. The van der Waals surface area contributed by atoms with Gasteiger partial charge in [0.2, 0.25) is 0 Å². The van der Waals surface area contributed by atoms with Crippen molar-refractivity contribution in [2.24, 2.45) is 5.10 Å². The lowest BCUT2D eigenvalue weighted by molar-refractivity contribution is -0.114. The van der Waals surface area contributed by atoms with Crippen LogP contribution in [0.25, 0.3) is 0 Å². The molecule has 2 aromatic carbocycles. The van der Waals surface area contributed by atoms with E-state index < -0.39 is 0 Å². The summed E-state index contributed by atoms with van der Waals surface area (Å²) in [7, 11) is 0. The Kier molecular flexibility index (Phi) is 5.17. The molecule has 3 rings (SSSR count). The lowest BCUT2D eigenvalue weighted by Gasteiger charge is -2.15. The van der Waals surface area contributed by atoms with E-state index in [1.165, 1.54) is 5.01 Å². The highest BCUT2D eigenvalue weighted by Gasteiger charge is 2.31. The van der Waals surface area contributed by atoms with Crippen LogP contribution in [0.2, 0.25) is 0 Å². The molecule has 1 aliphatic heterocycles. The number of hydrogen-bond donors (Lipinski definition) is 3. The Morgan fingerprint density at radius 3 is 2.46 bits per heavy atom. The molecule has 0 saturated carbocycles. The molecule has 1 aliphatic rings. The fraction of sp³-hybridized carbons (Fsp3) is 0.190. The number of carbonyl (C=O) groups excluding carboxylic acids is 2. The number of hydrazone groups is 1. The predicted molar refractivity (Wildman–Crippen MR) is 111 cm³/mol. The van der Waals surface area contributed by atoms with Gasteiger partial charge >= 0.3 is 0 Å². The third kappa shape index (κ3) is 3.73. The molecule has 0 saturated heterocycles. The third-order valence-corrected chi connectivity index (χ3v) is 4.64. The van der Waals surface area contributed by atoms with Crippen LogP contribution in [0.15, 0.2) is 58.8 Å². The van der Waals surface area contributed by atoms with Gasteiger partial charge in [0.15, 0.2) is 0 Å². The number of hydrazine groups is 1. The van der Waals surface area contributed by atoms with Crippen LogP contribution in [-0.4, -0.2) is 17.5 Å². The summed E-state index contributed by atoms with van der Waals surface area (Å²) in [6, 6.07) is 12.4. The number of benzene rings is 2. The molecule has 144 valence electrons. The zero-order valence-electron chi connectivity index (χ0n) is 16.3. The Bertz CT molecular complexity index is 1020. The van der Waals surface area contributed by atoms with E-state index in [0.29, 0.717) is 33.9 Å². The van der Waals surface area contributed by atoms with E-state index in [0.717, 1.165) is 11.1 Å². The molecule has 0 fully saturated rings. The average molecular weight is 377 g/mol. The Hall–Kier alpha value is -3.61. The number of nitrogens with zero attached hydrogens (tertiary/aromatic N) is 2. The minimum Gasteiger partial charge on any atom is -0.399 e. The normalized spacial score (nSPS) is 15.4. The second-order valence-electron chi connectivity index (χ2n) is 6.78. The van der Waals surface area contributed by atoms with Crippen molar-refractivity contribution in [3.8, 4) is 0 Å². The summed E-state index contributed by atoms with van der Waals surface area (Å²) in [5.41, 5.74) is 16.5. The summed E-state index contributed by atoms with van der Waals surface area (Å²) in [5.74, 6) is -0.595. The molecule has 28 heavy (non-hydrogen) atoms. The number of carbonyl (C=O) groups is 2. The number of amides is 2. The maximum Gasteiger partial charge on any atom is 0.282 e.